The summed E-state index contributed by atoms with van der Waals surface area (Å²) < 4.78 is 4.99. The Hall–Kier alpha value is -1.79. The molecule has 0 fully saturated rings. The van der Waals surface area contributed by atoms with Crippen LogP contribution in [0.2, 0.25) is 0 Å². The van der Waals surface area contributed by atoms with Crippen LogP contribution in [0.3, 0.4) is 0 Å². The molecule has 0 saturated heterocycles. The molecule has 0 unspecified atom stereocenters. The van der Waals surface area contributed by atoms with Crippen LogP contribution in [0.15, 0.2) is 0 Å². The average molecular weight is 274 g/mol. The van der Waals surface area contributed by atoms with Gasteiger partial charge in [-0.15, -0.1) is 0 Å². The second-order valence-corrected chi connectivity index (χ2v) is 5.79. The molecule has 7 heteroatoms. The molecule has 0 heterocycles. The van der Waals surface area contributed by atoms with E-state index in [9.17, 15) is 14.4 Å². The first kappa shape index (κ1) is 17.2. The number of ether oxygens (including phenoxy) is 1. The molecule has 0 bridgehead atoms. The molecule has 0 radical (unpaired) electrons. The van der Waals surface area contributed by atoms with Crippen molar-refractivity contribution >= 4 is 18.0 Å². The smallest absolute Gasteiger partial charge is 0.408 e. The van der Waals surface area contributed by atoms with E-state index in [-0.39, 0.29) is 0 Å². The molecule has 0 spiro atoms. The zero-order valence-corrected chi connectivity index (χ0v) is 12.2. The van der Waals surface area contributed by atoms with Gasteiger partial charge in [-0.1, -0.05) is 0 Å². The van der Waals surface area contributed by atoms with E-state index in [4.69, 9.17) is 9.84 Å². The Morgan fingerprint density at radius 3 is 1.95 bits per heavy atom. The van der Waals surface area contributed by atoms with Crippen LogP contribution < -0.4 is 10.6 Å². The third kappa shape index (κ3) is 6.64. The summed E-state index contributed by atoms with van der Waals surface area (Å²) in [6.45, 7) is 9.25. The molecule has 19 heavy (non-hydrogen) atoms. The molecule has 110 valence electrons. The molecule has 3 N–H and O–H groups in total. The molecule has 0 aromatic carbocycles. The van der Waals surface area contributed by atoms with E-state index >= 15 is 0 Å². The summed E-state index contributed by atoms with van der Waals surface area (Å²) in [6, 6.07) is -0.895. The zero-order valence-electron chi connectivity index (χ0n) is 12.2. The van der Waals surface area contributed by atoms with Gasteiger partial charge in [0.15, 0.2) is 0 Å². The minimum atomic E-state index is -1.40. The molecule has 1 atom stereocenters. The maximum absolute atomic E-state index is 11.7. The fourth-order valence-corrected chi connectivity index (χ4v) is 1.02. The zero-order chi connectivity index (χ0) is 15.4. The second kappa shape index (κ2) is 5.90. The first-order valence-corrected chi connectivity index (χ1v) is 5.90. The molecule has 7 nitrogen and oxygen atoms in total. The van der Waals surface area contributed by atoms with Gasteiger partial charge in [-0.2, -0.15) is 0 Å². The standard InChI is InChI=1S/C12H22N2O5/c1-7(13-10(18)19-11(2,3)4)8(15)14-12(5,6)9(16)17/h7H,1-6H3,(H,13,18)(H,14,15)(H,16,17)/t7-/m0/s1. The lowest BCUT2D eigenvalue weighted by molar-refractivity contribution is -0.146. The third-order valence-electron chi connectivity index (χ3n) is 2.10. The van der Waals surface area contributed by atoms with E-state index in [0.29, 0.717) is 0 Å². The molecule has 0 aromatic heterocycles. The monoisotopic (exact) mass is 274 g/mol. The number of alkyl carbamates (subject to hydrolysis) is 1. The minimum Gasteiger partial charge on any atom is -0.480 e. The Balaban J connectivity index is 4.44. The lowest BCUT2D eigenvalue weighted by Crippen LogP contribution is -2.55. The van der Waals surface area contributed by atoms with Gasteiger partial charge in [-0.3, -0.25) is 4.79 Å². The van der Waals surface area contributed by atoms with Gasteiger partial charge in [0.05, 0.1) is 0 Å². The van der Waals surface area contributed by atoms with E-state index in [0.717, 1.165) is 0 Å². The molecule has 2 amide bonds. The Morgan fingerprint density at radius 2 is 1.58 bits per heavy atom. The number of hydrogen-bond acceptors (Lipinski definition) is 4. The highest BCUT2D eigenvalue weighted by atomic mass is 16.6. The first-order chi connectivity index (χ1) is 8.35. The van der Waals surface area contributed by atoms with E-state index in [1.807, 2.05) is 0 Å². The van der Waals surface area contributed by atoms with Gasteiger partial charge in [-0.25, -0.2) is 9.59 Å². The van der Waals surface area contributed by atoms with E-state index < -0.39 is 35.2 Å². The molecular weight excluding hydrogens is 252 g/mol. The van der Waals surface area contributed by atoms with Gasteiger partial charge in [0.1, 0.15) is 17.2 Å². The molecular formula is C12H22N2O5. The molecule has 0 aliphatic heterocycles. The molecule has 0 saturated carbocycles. The number of carbonyl (C=O) groups is 3. The number of nitrogens with one attached hydrogen (secondary N) is 2. The predicted molar refractivity (Wildman–Crippen MR) is 68.7 cm³/mol. The van der Waals surface area contributed by atoms with Gasteiger partial charge in [-0.05, 0) is 41.5 Å². The van der Waals surface area contributed by atoms with Gasteiger partial charge >= 0.3 is 12.1 Å². The van der Waals surface area contributed by atoms with E-state index in [2.05, 4.69) is 10.6 Å². The summed E-state index contributed by atoms with van der Waals surface area (Å²) >= 11 is 0. The summed E-state index contributed by atoms with van der Waals surface area (Å²) in [5.41, 5.74) is -2.07. The van der Waals surface area contributed by atoms with Crippen molar-refractivity contribution in [1.82, 2.24) is 10.6 Å². The molecule has 0 aromatic rings. The summed E-state index contributed by atoms with van der Waals surface area (Å²) in [4.78, 5) is 34.0. The SMILES string of the molecule is C[C@H](NC(=O)OC(C)(C)C)C(=O)NC(C)(C)C(=O)O. The summed E-state index contributed by atoms with van der Waals surface area (Å²) in [5.74, 6) is -1.76. The topological polar surface area (TPSA) is 105 Å². The predicted octanol–water partition coefficient (Wildman–Crippen LogP) is 0.879. The molecule has 0 aliphatic carbocycles. The number of hydrogen-bond donors (Lipinski definition) is 3. The van der Waals surface area contributed by atoms with Crippen molar-refractivity contribution < 1.29 is 24.2 Å². The first-order valence-electron chi connectivity index (χ1n) is 5.90. The van der Waals surface area contributed by atoms with Crippen LogP contribution in [0.5, 0.6) is 0 Å². The third-order valence-corrected chi connectivity index (χ3v) is 2.10. The van der Waals surface area contributed by atoms with Crippen LogP contribution in [-0.4, -0.2) is 40.3 Å². The number of aliphatic carboxylic acids is 1. The number of carboxylic acid groups (broad SMARTS) is 1. The van der Waals surface area contributed by atoms with Crippen LogP contribution >= 0.6 is 0 Å². The van der Waals surface area contributed by atoms with Crippen molar-refractivity contribution in [3.8, 4) is 0 Å². The Kier molecular flexibility index (Phi) is 5.34. The normalized spacial score (nSPS) is 13.4. The Labute approximate surface area is 112 Å². The van der Waals surface area contributed by atoms with Gasteiger partial charge in [0.25, 0.3) is 0 Å². The van der Waals surface area contributed by atoms with Crippen LogP contribution in [0.25, 0.3) is 0 Å². The summed E-state index contributed by atoms with van der Waals surface area (Å²) in [6.07, 6.45) is -0.733. The molecule has 0 rings (SSSR count). The number of amides is 2. The lowest BCUT2D eigenvalue weighted by Gasteiger charge is -2.25. The quantitative estimate of drug-likeness (QED) is 0.705. The van der Waals surface area contributed by atoms with Crippen LogP contribution in [0.1, 0.15) is 41.5 Å². The number of rotatable bonds is 4. The van der Waals surface area contributed by atoms with Crippen molar-refractivity contribution in [2.75, 3.05) is 0 Å². The average Bonchev–Trinajstić information content (AvgIpc) is 2.12. The second-order valence-electron chi connectivity index (χ2n) is 5.79. The van der Waals surface area contributed by atoms with Crippen LogP contribution in [-0.2, 0) is 14.3 Å². The van der Waals surface area contributed by atoms with Gasteiger partial charge < -0.3 is 20.5 Å². The maximum Gasteiger partial charge on any atom is 0.408 e. The maximum atomic E-state index is 11.7. The highest BCUT2D eigenvalue weighted by Crippen LogP contribution is 2.07. The number of carboxylic acids is 1. The van der Waals surface area contributed by atoms with Gasteiger partial charge in [0, 0.05) is 0 Å². The Bertz CT molecular complexity index is 371. The van der Waals surface area contributed by atoms with E-state index in [1.54, 1.807) is 20.8 Å². The van der Waals surface area contributed by atoms with E-state index in [1.165, 1.54) is 20.8 Å². The lowest BCUT2D eigenvalue weighted by atomic mass is 10.1. The van der Waals surface area contributed by atoms with Crippen molar-refractivity contribution in [3.63, 3.8) is 0 Å². The van der Waals surface area contributed by atoms with Gasteiger partial charge in [0.2, 0.25) is 5.91 Å². The summed E-state index contributed by atoms with van der Waals surface area (Å²) in [7, 11) is 0. The van der Waals surface area contributed by atoms with Crippen molar-refractivity contribution in [1.29, 1.82) is 0 Å². The summed E-state index contributed by atoms with van der Waals surface area (Å²) in [5, 5.41) is 13.5. The van der Waals surface area contributed by atoms with Crippen molar-refractivity contribution in [2.45, 2.75) is 58.7 Å². The molecule has 0 aliphatic rings. The highest BCUT2D eigenvalue weighted by Gasteiger charge is 2.31. The largest absolute Gasteiger partial charge is 0.480 e. The van der Waals surface area contributed by atoms with Crippen LogP contribution in [0, 0.1) is 0 Å². The minimum absolute atomic E-state index is 0.599. The van der Waals surface area contributed by atoms with Crippen molar-refractivity contribution in [2.24, 2.45) is 0 Å². The van der Waals surface area contributed by atoms with Crippen molar-refractivity contribution in [3.05, 3.63) is 0 Å². The number of carbonyl (C=O) groups excluding carboxylic acids is 2. The fourth-order valence-electron chi connectivity index (χ4n) is 1.02. The van der Waals surface area contributed by atoms with Crippen LogP contribution in [0.4, 0.5) is 4.79 Å². The Morgan fingerprint density at radius 1 is 1.11 bits per heavy atom. The fraction of sp³-hybridized carbons (Fsp3) is 0.750. The highest BCUT2D eigenvalue weighted by molar-refractivity contribution is 5.90.